The van der Waals surface area contributed by atoms with Gasteiger partial charge in [-0.15, -0.1) is 21.8 Å². The minimum absolute atomic E-state index is 0.316. The molecule has 5 nitrogen and oxygen atoms in total. The van der Waals surface area contributed by atoms with Crippen molar-refractivity contribution in [2.45, 2.75) is 25.3 Å². The molecule has 0 bridgehead atoms. The van der Waals surface area contributed by atoms with E-state index in [1.165, 1.54) is 4.80 Å². The van der Waals surface area contributed by atoms with Gasteiger partial charge in [-0.05, 0) is 17.6 Å². The van der Waals surface area contributed by atoms with Gasteiger partial charge in [0, 0.05) is 18.5 Å². The van der Waals surface area contributed by atoms with Crippen LogP contribution in [0.15, 0.2) is 0 Å². The second-order valence-corrected chi connectivity index (χ2v) is 4.77. The quantitative estimate of drug-likeness (QED) is 0.699. The number of hydrogen-bond acceptors (Lipinski definition) is 4. The third kappa shape index (κ3) is 2.66. The average Bonchev–Trinajstić information content (AvgIpc) is 2.58. The maximum Gasteiger partial charge on any atom is 0.188 e. The number of nitrogens with zero attached hydrogens (tertiary/aromatic N) is 5. The van der Waals surface area contributed by atoms with Crippen LogP contribution >= 0.6 is 11.6 Å². The second-order valence-electron chi connectivity index (χ2n) is 4.21. The molecule has 2 atom stereocenters. The van der Waals surface area contributed by atoms with Gasteiger partial charge in [-0.3, -0.25) is 4.90 Å². The number of piperidine rings is 1. The van der Waals surface area contributed by atoms with Crippen LogP contribution < -0.4 is 0 Å². The van der Waals surface area contributed by atoms with E-state index in [2.05, 4.69) is 27.2 Å². The monoisotopic (exact) mass is 229 g/mol. The molecule has 0 spiro atoms. The third-order valence-corrected chi connectivity index (χ3v) is 3.45. The Kier molecular flexibility index (Phi) is 3.21. The fraction of sp³-hybridized carbons (Fsp3) is 0.889. The first-order valence-electron chi connectivity index (χ1n) is 5.24. The van der Waals surface area contributed by atoms with Crippen LogP contribution in [0.25, 0.3) is 0 Å². The molecule has 0 amide bonds. The summed E-state index contributed by atoms with van der Waals surface area (Å²) in [7, 11) is 1.78. The lowest BCUT2D eigenvalue weighted by molar-refractivity contribution is 0.176. The molecule has 15 heavy (non-hydrogen) atoms. The van der Waals surface area contributed by atoms with Crippen molar-refractivity contribution in [2.75, 3.05) is 13.1 Å². The first kappa shape index (κ1) is 10.8. The Bertz CT molecular complexity index is 326. The van der Waals surface area contributed by atoms with Gasteiger partial charge in [-0.2, -0.15) is 4.80 Å². The lowest BCUT2D eigenvalue weighted by Crippen LogP contribution is -2.39. The fourth-order valence-corrected chi connectivity index (χ4v) is 2.11. The first-order valence-corrected chi connectivity index (χ1v) is 5.68. The number of halogens is 1. The topological polar surface area (TPSA) is 46.8 Å². The molecule has 0 radical (unpaired) electrons. The molecule has 0 saturated carbocycles. The summed E-state index contributed by atoms with van der Waals surface area (Å²) in [5.74, 6) is 1.33. The van der Waals surface area contributed by atoms with Gasteiger partial charge in [-0.1, -0.05) is 6.92 Å². The molecular weight excluding hydrogens is 214 g/mol. The van der Waals surface area contributed by atoms with Crippen LogP contribution in [0.3, 0.4) is 0 Å². The van der Waals surface area contributed by atoms with Gasteiger partial charge in [0.2, 0.25) is 0 Å². The molecule has 1 aliphatic rings. The fourth-order valence-electron chi connectivity index (χ4n) is 1.93. The van der Waals surface area contributed by atoms with Crippen LogP contribution in [-0.4, -0.2) is 43.6 Å². The Morgan fingerprint density at radius 3 is 2.93 bits per heavy atom. The summed E-state index contributed by atoms with van der Waals surface area (Å²) < 4.78 is 0. The van der Waals surface area contributed by atoms with Crippen LogP contribution in [0.2, 0.25) is 0 Å². The molecule has 0 aromatic carbocycles. The minimum atomic E-state index is 0.316. The van der Waals surface area contributed by atoms with E-state index in [9.17, 15) is 0 Å². The molecule has 2 unspecified atom stereocenters. The zero-order valence-corrected chi connectivity index (χ0v) is 9.85. The van der Waals surface area contributed by atoms with Crippen molar-refractivity contribution in [3.05, 3.63) is 5.82 Å². The number of alkyl halides is 1. The van der Waals surface area contributed by atoms with Gasteiger partial charge >= 0.3 is 0 Å². The van der Waals surface area contributed by atoms with Crippen LogP contribution in [0.5, 0.6) is 0 Å². The minimum Gasteiger partial charge on any atom is -0.295 e. The smallest absolute Gasteiger partial charge is 0.188 e. The lowest BCUT2D eigenvalue weighted by atomic mass is 10.00. The van der Waals surface area contributed by atoms with E-state index >= 15 is 0 Å². The maximum atomic E-state index is 6.17. The molecular formula is C9H16ClN5. The summed E-state index contributed by atoms with van der Waals surface area (Å²) in [6.45, 7) is 5.01. The van der Waals surface area contributed by atoms with Gasteiger partial charge in [0.15, 0.2) is 5.82 Å². The summed E-state index contributed by atoms with van der Waals surface area (Å²) >= 11 is 6.17. The van der Waals surface area contributed by atoms with Crippen molar-refractivity contribution in [2.24, 2.45) is 13.0 Å². The van der Waals surface area contributed by atoms with Crippen LogP contribution in [0.1, 0.15) is 19.2 Å². The Labute approximate surface area is 94.4 Å². The molecule has 2 rings (SSSR count). The molecule has 0 N–H and O–H groups in total. The van der Waals surface area contributed by atoms with E-state index in [0.29, 0.717) is 11.3 Å². The predicted molar refractivity (Wildman–Crippen MR) is 57.5 cm³/mol. The summed E-state index contributed by atoms with van der Waals surface area (Å²) in [5, 5.41) is 12.3. The molecule has 1 fully saturated rings. The van der Waals surface area contributed by atoms with Gasteiger partial charge in [-0.25, -0.2) is 0 Å². The van der Waals surface area contributed by atoms with Gasteiger partial charge in [0.25, 0.3) is 0 Å². The Balaban J connectivity index is 1.90. The van der Waals surface area contributed by atoms with Crippen molar-refractivity contribution in [3.8, 4) is 0 Å². The summed E-state index contributed by atoms with van der Waals surface area (Å²) in [6, 6.07) is 0. The number of aromatic nitrogens is 4. The van der Waals surface area contributed by atoms with Crippen LogP contribution in [-0.2, 0) is 13.6 Å². The highest BCUT2D eigenvalue weighted by molar-refractivity contribution is 6.20. The molecule has 1 aromatic rings. The van der Waals surface area contributed by atoms with Crippen molar-refractivity contribution < 1.29 is 0 Å². The highest BCUT2D eigenvalue weighted by Crippen LogP contribution is 2.22. The van der Waals surface area contributed by atoms with Crippen LogP contribution in [0, 0.1) is 5.92 Å². The molecule has 1 aliphatic heterocycles. The normalized spacial score (nSPS) is 28.2. The van der Waals surface area contributed by atoms with E-state index in [0.717, 1.165) is 31.9 Å². The number of rotatable bonds is 2. The summed E-state index contributed by atoms with van der Waals surface area (Å²) in [4.78, 5) is 3.83. The SMILES string of the molecule is CC1CN(Cc2nnn(C)n2)CCC1Cl. The molecule has 6 heteroatoms. The third-order valence-electron chi connectivity index (χ3n) is 2.80. The van der Waals surface area contributed by atoms with E-state index < -0.39 is 0 Å². The maximum absolute atomic E-state index is 6.17. The number of likely N-dealkylation sites (tertiary alicyclic amines) is 1. The summed E-state index contributed by atoms with van der Waals surface area (Å²) in [5.41, 5.74) is 0. The van der Waals surface area contributed by atoms with Crippen molar-refractivity contribution in [1.29, 1.82) is 0 Å². The van der Waals surface area contributed by atoms with Gasteiger partial charge in [0.05, 0.1) is 13.6 Å². The van der Waals surface area contributed by atoms with Crippen molar-refractivity contribution in [1.82, 2.24) is 25.1 Å². The van der Waals surface area contributed by atoms with Gasteiger partial charge in [0.1, 0.15) is 0 Å². The predicted octanol–water partition coefficient (Wildman–Crippen LogP) is 0.659. The summed E-state index contributed by atoms with van der Waals surface area (Å²) in [6.07, 6.45) is 1.04. The zero-order valence-electron chi connectivity index (χ0n) is 9.10. The Hall–Kier alpha value is -0.680. The zero-order chi connectivity index (χ0) is 10.8. The molecule has 1 aromatic heterocycles. The molecule has 1 saturated heterocycles. The van der Waals surface area contributed by atoms with Crippen molar-refractivity contribution in [3.63, 3.8) is 0 Å². The largest absolute Gasteiger partial charge is 0.295 e. The molecule has 2 heterocycles. The standard InChI is InChI=1S/C9H16ClN5/c1-7-5-15(4-3-8(7)10)6-9-11-13-14(2)12-9/h7-8H,3-6H2,1-2H3. The molecule has 0 aliphatic carbocycles. The van der Waals surface area contributed by atoms with Crippen LogP contribution in [0.4, 0.5) is 0 Å². The Morgan fingerprint density at radius 2 is 2.33 bits per heavy atom. The first-order chi connectivity index (χ1) is 7.15. The number of tetrazole rings is 1. The Morgan fingerprint density at radius 1 is 1.53 bits per heavy atom. The second kappa shape index (κ2) is 4.45. The lowest BCUT2D eigenvalue weighted by Gasteiger charge is -2.33. The van der Waals surface area contributed by atoms with Gasteiger partial charge < -0.3 is 0 Å². The number of hydrogen-bond donors (Lipinski definition) is 0. The average molecular weight is 230 g/mol. The molecule has 84 valence electrons. The van der Waals surface area contributed by atoms with Crippen molar-refractivity contribution >= 4 is 11.6 Å². The van der Waals surface area contributed by atoms with E-state index in [1.807, 2.05) is 0 Å². The highest BCUT2D eigenvalue weighted by atomic mass is 35.5. The number of aryl methyl sites for hydroxylation is 1. The van der Waals surface area contributed by atoms with E-state index in [4.69, 9.17) is 11.6 Å². The van der Waals surface area contributed by atoms with E-state index in [1.54, 1.807) is 7.05 Å². The highest BCUT2D eigenvalue weighted by Gasteiger charge is 2.24. The van der Waals surface area contributed by atoms with E-state index in [-0.39, 0.29) is 0 Å².